The van der Waals surface area contributed by atoms with E-state index in [2.05, 4.69) is 10.0 Å². The number of hydrogen-bond acceptors (Lipinski definition) is 4. The van der Waals surface area contributed by atoms with Gasteiger partial charge in [0.2, 0.25) is 10.0 Å². The Hall–Kier alpha value is -1.60. The molecule has 0 bridgehead atoms. The van der Waals surface area contributed by atoms with Gasteiger partial charge in [0.1, 0.15) is 0 Å². The lowest BCUT2D eigenvalue weighted by molar-refractivity contribution is 0.0697. The van der Waals surface area contributed by atoms with E-state index in [4.69, 9.17) is 0 Å². The zero-order chi connectivity index (χ0) is 16.9. The number of carboxylic acid groups (broad SMARTS) is 1. The van der Waals surface area contributed by atoms with Gasteiger partial charge in [0.05, 0.1) is 10.5 Å². The summed E-state index contributed by atoms with van der Waals surface area (Å²) in [6.07, 6.45) is 5.98. The van der Waals surface area contributed by atoms with Gasteiger partial charge in [-0.3, -0.25) is 0 Å². The molecule has 6 nitrogen and oxygen atoms in total. The molecule has 0 aliphatic heterocycles. The Balaban J connectivity index is 2.24. The van der Waals surface area contributed by atoms with Gasteiger partial charge in [-0.25, -0.2) is 17.9 Å². The molecule has 0 aromatic heterocycles. The van der Waals surface area contributed by atoms with E-state index < -0.39 is 16.0 Å². The van der Waals surface area contributed by atoms with Crippen LogP contribution in [0.2, 0.25) is 0 Å². The van der Waals surface area contributed by atoms with E-state index in [-0.39, 0.29) is 16.5 Å². The molecule has 1 aromatic rings. The molecule has 1 aliphatic rings. The van der Waals surface area contributed by atoms with Gasteiger partial charge in [0.15, 0.2) is 0 Å². The van der Waals surface area contributed by atoms with Crippen LogP contribution in [0.1, 0.15) is 55.8 Å². The summed E-state index contributed by atoms with van der Waals surface area (Å²) in [7, 11) is -3.70. The standard InChI is InChI=1S/C16H24N2O4S/c1-2-17-15-10-9-13(11-14(15)16(19)20)23(21,22)18-12-7-5-3-4-6-8-12/h9-12,17-18H,2-8H2,1H3,(H,19,20). The van der Waals surface area contributed by atoms with Crippen LogP contribution in [0, 0.1) is 0 Å². The molecule has 1 aromatic carbocycles. The molecule has 2 rings (SSSR count). The van der Waals surface area contributed by atoms with Crippen LogP contribution >= 0.6 is 0 Å². The maximum atomic E-state index is 12.5. The minimum atomic E-state index is -3.70. The quantitative estimate of drug-likeness (QED) is 0.692. The lowest BCUT2D eigenvalue weighted by Crippen LogP contribution is -2.34. The molecule has 1 saturated carbocycles. The Kier molecular flexibility index (Phi) is 6.01. The number of sulfonamides is 1. The molecule has 3 N–H and O–H groups in total. The first-order valence-electron chi connectivity index (χ1n) is 8.07. The van der Waals surface area contributed by atoms with Crippen molar-refractivity contribution < 1.29 is 18.3 Å². The van der Waals surface area contributed by atoms with Crippen LogP contribution in [0.5, 0.6) is 0 Å². The van der Waals surface area contributed by atoms with Gasteiger partial charge in [-0.15, -0.1) is 0 Å². The zero-order valence-electron chi connectivity index (χ0n) is 13.3. The average molecular weight is 340 g/mol. The van der Waals surface area contributed by atoms with Gasteiger partial charge in [-0.1, -0.05) is 25.7 Å². The predicted octanol–water partition coefficient (Wildman–Crippen LogP) is 2.82. The molecule has 0 radical (unpaired) electrons. The minimum absolute atomic E-state index is 0.000741. The number of carbonyl (C=O) groups is 1. The van der Waals surface area contributed by atoms with E-state index in [0.29, 0.717) is 12.2 Å². The van der Waals surface area contributed by atoms with Crippen molar-refractivity contribution in [3.8, 4) is 0 Å². The fourth-order valence-corrected chi connectivity index (χ4v) is 4.23. The summed E-state index contributed by atoms with van der Waals surface area (Å²) >= 11 is 0. The fourth-order valence-electron chi connectivity index (χ4n) is 2.90. The molecule has 0 spiro atoms. The first kappa shape index (κ1) is 17.7. The van der Waals surface area contributed by atoms with Gasteiger partial charge < -0.3 is 10.4 Å². The number of nitrogens with one attached hydrogen (secondary N) is 2. The van der Waals surface area contributed by atoms with Crippen LogP contribution in [0.3, 0.4) is 0 Å². The maximum Gasteiger partial charge on any atom is 0.337 e. The van der Waals surface area contributed by atoms with Gasteiger partial charge in [-0.05, 0) is 38.0 Å². The average Bonchev–Trinajstić information content (AvgIpc) is 2.75. The van der Waals surface area contributed by atoms with Crippen LogP contribution in [-0.2, 0) is 10.0 Å². The van der Waals surface area contributed by atoms with Crippen molar-refractivity contribution in [3.05, 3.63) is 23.8 Å². The highest BCUT2D eigenvalue weighted by atomic mass is 32.2. The molecular weight excluding hydrogens is 316 g/mol. The second-order valence-electron chi connectivity index (χ2n) is 5.85. The van der Waals surface area contributed by atoms with E-state index in [9.17, 15) is 18.3 Å². The first-order valence-corrected chi connectivity index (χ1v) is 9.56. The Labute approximate surface area is 137 Å². The topological polar surface area (TPSA) is 95.5 Å². The van der Waals surface area contributed by atoms with Crippen molar-refractivity contribution in [2.24, 2.45) is 0 Å². The molecule has 23 heavy (non-hydrogen) atoms. The van der Waals surface area contributed by atoms with Crippen LogP contribution in [-0.4, -0.2) is 32.1 Å². The Morgan fingerprint density at radius 2 is 1.87 bits per heavy atom. The van der Waals surface area contributed by atoms with Crippen LogP contribution in [0.25, 0.3) is 0 Å². The third-order valence-electron chi connectivity index (χ3n) is 4.08. The highest BCUT2D eigenvalue weighted by Crippen LogP contribution is 2.23. The minimum Gasteiger partial charge on any atom is -0.478 e. The second-order valence-corrected chi connectivity index (χ2v) is 7.57. The normalized spacial score (nSPS) is 16.7. The smallest absolute Gasteiger partial charge is 0.337 e. The summed E-state index contributed by atoms with van der Waals surface area (Å²) in [5.74, 6) is -1.15. The van der Waals surface area contributed by atoms with Crippen LogP contribution in [0.4, 0.5) is 5.69 Å². The Bertz CT molecular complexity index is 650. The largest absolute Gasteiger partial charge is 0.478 e. The third-order valence-corrected chi connectivity index (χ3v) is 5.59. The summed E-state index contributed by atoms with van der Waals surface area (Å²) in [6, 6.07) is 4.11. The van der Waals surface area contributed by atoms with E-state index >= 15 is 0 Å². The van der Waals surface area contributed by atoms with E-state index in [0.717, 1.165) is 38.5 Å². The fraction of sp³-hybridized carbons (Fsp3) is 0.562. The van der Waals surface area contributed by atoms with Crippen molar-refractivity contribution in [3.63, 3.8) is 0 Å². The summed E-state index contributed by atoms with van der Waals surface area (Å²) < 4.78 is 27.8. The van der Waals surface area contributed by atoms with Gasteiger partial charge in [0, 0.05) is 18.3 Å². The highest BCUT2D eigenvalue weighted by Gasteiger charge is 2.23. The monoisotopic (exact) mass is 340 g/mol. The maximum absolute atomic E-state index is 12.5. The number of hydrogen-bond donors (Lipinski definition) is 3. The summed E-state index contributed by atoms with van der Waals surface area (Å²) in [4.78, 5) is 11.4. The molecule has 7 heteroatoms. The Morgan fingerprint density at radius 3 is 2.43 bits per heavy atom. The predicted molar refractivity (Wildman–Crippen MR) is 89.4 cm³/mol. The first-order chi connectivity index (χ1) is 10.9. The molecule has 0 saturated heterocycles. The summed E-state index contributed by atoms with van der Waals surface area (Å²) in [5.41, 5.74) is 0.393. The van der Waals surface area contributed by atoms with Crippen molar-refractivity contribution >= 4 is 21.7 Å². The van der Waals surface area contributed by atoms with Gasteiger partial charge >= 0.3 is 5.97 Å². The molecule has 0 heterocycles. The molecule has 1 aliphatic carbocycles. The van der Waals surface area contributed by atoms with Gasteiger partial charge in [0.25, 0.3) is 0 Å². The number of rotatable bonds is 6. The van der Waals surface area contributed by atoms with Crippen LogP contribution < -0.4 is 10.0 Å². The summed E-state index contributed by atoms with van der Waals surface area (Å²) in [6.45, 7) is 2.41. The molecule has 128 valence electrons. The SMILES string of the molecule is CCNc1ccc(S(=O)(=O)NC2CCCCCC2)cc1C(=O)O. The van der Waals surface area contributed by atoms with Crippen molar-refractivity contribution in [1.29, 1.82) is 0 Å². The highest BCUT2D eigenvalue weighted by molar-refractivity contribution is 7.89. The van der Waals surface area contributed by atoms with Crippen molar-refractivity contribution in [1.82, 2.24) is 4.72 Å². The summed E-state index contributed by atoms with van der Waals surface area (Å²) in [5, 5.41) is 12.2. The third kappa shape index (κ3) is 4.68. The Morgan fingerprint density at radius 1 is 1.22 bits per heavy atom. The molecule has 1 fully saturated rings. The van der Waals surface area contributed by atoms with E-state index in [1.165, 1.54) is 18.2 Å². The van der Waals surface area contributed by atoms with Crippen molar-refractivity contribution in [2.75, 3.05) is 11.9 Å². The number of benzene rings is 1. The molecule has 0 amide bonds. The van der Waals surface area contributed by atoms with E-state index in [1.807, 2.05) is 6.92 Å². The molecule has 0 atom stereocenters. The van der Waals surface area contributed by atoms with Crippen LogP contribution in [0.15, 0.2) is 23.1 Å². The number of carboxylic acids is 1. The molecule has 0 unspecified atom stereocenters. The van der Waals surface area contributed by atoms with Crippen molar-refractivity contribution in [2.45, 2.75) is 56.4 Å². The lowest BCUT2D eigenvalue weighted by atomic mass is 10.1. The van der Waals surface area contributed by atoms with E-state index in [1.54, 1.807) is 0 Å². The second kappa shape index (κ2) is 7.79. The van der Waals surface area contributed by atoms with Gasteiger partial charge in [-0.2, -0.15) is 0 Å². The molecular formula is C16H24N2O4S. The lowest BCUT2D eigenvalue weighted by Gasteiger charge is -2.17. The zero-order valence-corrected chi connectivity index (χ0v) is 14.2. The number of aromatic carboxylic acids is 1. The number of anilines is 1.